The average molecular weight is 421 g/mol. The van der Waals surface area contributed by atoms with Crippen molar-refractivity contribution in [3.05, 3.63) is 75.4 Å². The molecule has 0 saturated carbocycles. The number of aromatic nitrogens is 2. The first-order valence-corrected chi connectivity index (χ1v) is 8.65. The lowest BCUT2D eigenvalue weighted by Crippen LogP contribution is -2.17. The minimum absolute atomic E-state index is 0.312. The van der Waals surface area contributed by atoms with Crippen LogP contribution < -0.4 is 10.1 Å². The topological polar surface area (TPSA) is 56.1 Å². The second kappa shape index (κ2) is 7.72. The first-order chi connectivity index (χ1) is 12.1. The van der Waals surface area contributed by atoms with Gasteiger partial charge >= 0.3 is 0 Å². The summed E-state index contributed by atoms with van der Waals surface area (Å²) >= 11 is 9.52. The number of nitrogens with one attached hydrogen (secondary N) is 1. The lowest BCUT2D eigenvalue weighted by atomic mass is 10.2. The molecule has 1 heterocycles. The van der Waals surface area contributed by atoms with E-state index in [9.17, 15) is 4.79 Å². The summed E-state index contributed by atoms with van der Waals surface area (Å²) in [6.45, 7) is 0.525. The first-order valence-electron chi connectivity index (χ1n) is 7.48. The summed E-state index contributed by atoms with van der Waals surface area (Å²) in [5.74, 6) is 0.731. The van der Waals surface area contributed by atoms with Crippen molar-refractivity contribution in [2.75, 3.05) is 12.4 Å². The lowest BCUT2D eigenvalue weighted by Gasteiger charge is -2.12. The number of rotatable bonds is 5. The van der Waals surface area contributed by atoms with Crippen molar-refractivity contribution in [1.82, 2.24) is 9.78 Å². The summed E-state index contributed by atoms with van der Waals surface area (Å²) in [5.41, 5.74) is 1.42. The summed E-state index contributed by atoms with van der Waals surface area (Å²) in [4.78, 5) is 12.6. The molecular formula is C18H15BrClN3O2. The van der Waals surface area contributed by atoms with Gasteiger partial charge < -0.3 is 10.1 Å². The second-order valence-electron chi connectivity index (χ2n) is 5.26. The number of hydrogen-bond acceptors (Lipinski definition) is 3. The van der Waals surface area contributed by atoms with E-state index < -0.39 is 0 Å². The van der Waals surface area contributed by atoms with Gasteiger partial charge in [-0.3, -0.25) is 4.79 Å². The second-order valence-corrected chi connectivity index (χ2v) is 6.56. The minimum Gasteiger partial charge on any atom is -0.496 e. The highest BCUT2D eigenvalue weighted by atomic mass is 79.9. The monoisotopic (exact) mass is 419 g/mol. The number of halogens is 2. The van der Waals surface area contributed by atoms with Gasteiger partial charge in [0.15, 0.2) is 0 Å². The van der Waals surface area contributed by atoms with Gasteiger partial charge in [-0.2, -0.15) is 5.10 Å². The summed E-state index contributed by atoms with van der Waals surface area (Å²) in [7, 11) is 1.51. The van der Waals surface area contributed by atoms with Crippen LogP contribution in [0.15, 0.2) is 59.2 Å². The molecule has 0 aliphatic carbocycles. The van der Waals surface area contributed by atoms with E-state index in [4.69, 9.17) is 16.3 Å². The highest BCUT2D eigenvalue weighted by Gasteiger charge is 2.15. The fourth-order valence-corrected chi connectivity index (χ4v) is 2.98. The zero-order valence-electron chi connectivity index (χ0n) is 13.4. The Bertz CT molecular complexity index is 911. The number of benzene rings is 2. The third kappa shape index (κ3) is 4.03. The molecule has 0 fully saturated rings. The number of amides is 1. The van der Waals surface area contributed by atoms with Crippen LogP contribution >= 0.6 is 27.5 Å². The molecule has 0 bridgehead atoms. The molecule has 0 unspecified atom stereocenters. The molecule has 128 valence electrons. The van der Waals surface area contributed by atoms with Crippen LogP contribution in [0.5, 0.6) is 5.75 Å². The van der Waals surface area contributed by atoms with Crippen LogP contribution in [0.2, 0.25) is 5.02 Å². The Morgan fingerprint density at radius 1 is 1.28 bits per heavy atom. The number of hydrogen-bond donors (Lipinski definition) is 1. The summed E-state index contributed by atoms with van der Waals surface area (Å²) in [6.07, 6.45) is 1.64. The van der Waals surface area contributed by atoms with Crippen LogP contribution in [0.1, 0.15) is 15.9 Å². The molecule has 0 atom stereocenters. The number of ether oxygens (including phenoxy) is 1. The van der Waals surface area contributed by atoms with Crippen molar-refractivity contribution >= 4 is 39.3 Å². The maximum absolute atomic E-state index is 12.6. The van der Waals surface area contributed by atoms with Crippen molar-refractivity contribution in [3.63, 3.8) is 0 Å². The maximum atomic E-state index is 12.6. The number of anilines is 1. The number of carbonyl (C=O) groups excluding carboxylic acids is 1. The van der Waals surface area contributed by atoms with Gasteiger partial charge in [-0.15, -0.1) is 0 Å². The fourth-order valence-electron chi connectivity index (χ4n) is 2.39. The van der Waals surface area contributed by atoms with Gasteiger partial charge in [-0.1, -0.05) is 45.7 Å². The van der Waals surface area contributed by atoms with E-state index in [2.05, 4.69) is 26.3 Å². The quantitative estimate of drug-likeness (QED) is 0.656. The molecule has 5 nitrogen and oxygen atoms in total. The minimum atomic E-state index is -0.312. The molecule has 3 rings (SSSR count). The van der Waals surface area contributed by atoms with E-state index in [1.165, 1.54) is 7.11 Å². The molecule has 25 heavy (non-hydrogen) atoms. The van der Waals surface area contributed by atoms with Crippen molar-refractivity contribution in [1.29, 1.82) is 0 Å². The predicted octanol–water partition coefficient (Wildman–Crippen LogP) is 4.61. The molecule has 3 aromatic rings. The highest BCUT2D eigenvalue weighted by Crippen LogP contribution is 2.24. The lowest BCUT2D eigenvalue weighted by molar-refractivity contribution is 0.102. The van der Waals surface area contributed by atoms with Crippen LogP contribution in [0.25, 0.3) is 0 Å². The number of methoxy groups -OCH3 is 1. The van der Waals surface area contributed by atoms with Crippen molar-refractivity contribution in [2.24, 2.45) is 0 Å². The average Bonchev–Trinajstić information content (AvgIpc) is 3.03. The Balaban J connectivity index is 1.83. The molecule has 1 aromatic heterocycles. The van der Waals surface area contributed by atoms with Crippen LogP contribution in [0, 0.1) is 0 Å². The summed E-state index contributed by atoms with van der Waals surface area (Å²) < 4.78 is 7.94. The van der Waals surface area contributed by atoms with E-state index in [1.807, 2.05) is 24.3 Å². The van der Waals surface area contributed by atoms with Crippen molar-refractivity contribution in [2.45, 2.75) is 6.54 Å². The van der Waals surface area contributed by atoms with Gasteiger partial charge in [0.1, 0.15) is 11.6 Å². The van der Waals surface area contributed by atoms with Crippen LogP contribution in [-0.4, -0.2) is 22.8 Å². The smallest absolute Gasteiger partial charge is 0.260 e. The molecule has 0 spiro atoms. The van der Waals surface area contributed by atoms with Crippen molar-refractivity contribution < 1.29 is 9.53 Å². The van der Waals surface area contributed by atoms with Crippen LogP contribution in [0.4, 0.5) is 5.82 Å². The number of nitrogens with zero attached hydrogens (tertiary/aromatic N) is 2. The van der Waals surface area contributed by atoms with E-state index in [1.54, 1.807) is 35.1 Å². The van der Waals surface area contributed by atoms with Gasteiger partial charge in [0.05, 0.1) is 25.4 Å². The first kappa shape index (κ1) is 17.5. The van der Waals surface area contributed by atoms with Crippen molar-refractivity contribution in [3.8, 4) is 5.75 Å². The third-order valence-electron chi connectivity index (χ3n) is 3.64. The predicted molar refractivity (Wildman–Crippen MR) is 101 cm³/mol. The highest BCUT2D eigenvalue weighted by molar-refractivity contribution is 9.10. The Labute approximate surface area is 158 Å². The Kier molecular flexibility index (Phi) is 5.40. The Morgan fingerprint density at radius 2 is 2.08 bits per heavy atom. The van der Waals surface area contributed by atoms with Gasteiger partial charge in [0, 0.05) is 15.6 Å². The molecular weight excluding hydrogens is 406 g/mol. The normalized spacial score (nSPS) is 10.5. The summed E-state index contributed by atoms with van der Waals surface area (Å²) in [6, 6.07) is 14.5. The van der Waals surface area contributed by atoms with Gasteiger partial charge in [-0.05, 0) is 29.8 Å². The molecule has 0 aliphatic heterocycles. The standard InChI is InChI=1S/C18H15BrClN3O2/c1-25-16-7-6-13(20)10-14(16)18(24)22-17-8-9-21-23(17)11-12-4-2-3-5-15(12)19/h2-10H,11H2,1H3,(H,22,24). The Morgan fingerprint density at radius 3 is 2.84 bits per heavy atom. The molecule has 1 amide bonds. The van der Waals surface area contributed by atoms with E-state index in [-0.39, 0.29) is 5.91 Å². The third-order valence-corrected chi connectivity index (χ3v) is 4.65. The molecule has 2 aromatic carbocycles. The van der Waals surface area contributed by atoms with E-state index in [0.29, 0.717) is 28.7 Å². The molecule has 1 N–H and O–H groups in total. The zero-order valence-corrected chi connectivity index (χ0v) is 15.7. The summed E-state index contributed by atoms with van der Waals surface area (Å²) in [5, 5.41) is 7.60. The SMILES string of the molecule is COc1ccc(Cl)cc1C(=O)Nc1ccnn1Cc1ccccc1Br. The zero-order chi connectivity index (χ0) is 17.8. The van der Waals surface area contributed by atoms with E-state index >= 15 is 0 Å². The number of carbonyl (C=O) groups is 1. The largest absolute Gasteiger partial charge is 0.496 e. The molecule has 0 aliphatic rings. The van der Waals surface area contributed by atoms with Gasteiger partial charge in [0.2, 0.25) is 0 Å². The fraction of sp³-hybridized carbons (Fsp3) is 0.111. The maximum Gasteiger partial charge on any atom is 0.260 e. The van der Waals surface area contributed by atoms with E-state index in [0.717, 1.165) is 10.0 Å². The van der Waals surface area contributed by atoms with Crippen LogP contribution in [-0.2, 0) is 6.54 Å². The van der Waals surface area contributed by atoms with Crippen LogP contribution in [0.3, 0.4) is 0 Å². The molecule has 0 saturated heterocycles. The molecule has 0 radical (unpaired) electrons. The Hall–Kier alpha value is -2.31. The molecule has 7 heteroatoms. The van der Waals surface area contributed by atoms with Gasteiger partial charge in [0.25, 0.3) is 5.91 Å². The van der Waals surface area contributed by atoms with Gasteiger partial charge in [-0.25, -0.2) is 4.68 Å².